The highest BCUT2D eigenvalue weighted by atomic mass is 19.1. The highest BCUT2D eigenvalue weighted by Crippen LogP contribution is 2.32. The number of benzene rings is 1. The molecule has 5 heteroatoms. The molecule has 0 spiro atoms. The highest BCUT2D eigenvalue weighted by Gasteiger charge is 2.18. The zero-order chi connectivity index (χ0) is 12.4. The van der Waals surface area contributed by atoms with Crippen LogP contribution in [0.15, 0.2) is 28.9 Å². The van der Waals surface area contributed by atoms with E-state index in [2.05, 4.69) is 0 Å². The van der Waals surface area contributed by atoms with Crippen LogP contribution in [0.2, 0.25) is 0 Å². The minimum Gasteiger partial charge on any atom is -0.497 e. The Hall–Kier alpha value is -1.88. The molecule has 0 bridgehead atoms. The zero-order valence-corrected chi connectivity index (χ0v) is 9.17. The Morgan fingerprint density at radius 1 is 1.29 bits per heavy atom. The quantitative estimate of drug-likeness (QED) is 0.895. The van der Waals surface area contributed by atoms with Gasteiger partial charge in [-0.1, -0.05) is 0 Å². The van der Waals surface area contributed by atoms with Gasteiger partial charge in [-0.2, -0.15) is 0 Å². The third-order valence-corrected chi connectivity index (χ3v) is 2.45. The first-order valence-electron chi connectivity index (χ1n) is 4.97. The van der Waals surface area contributed by atoms with E-state index in [1.165, 1.54) is 19.4 Å². The maximum atomic E-state index is 13.8. The van der Waals surface area contributed by atoms with Crippen LogP contribution < -0.4 is 10.5 Å². The van der Waals surface area contributed by atoms with Gasteiger partial charge in [0.25, 0.3) is 0 Å². The standard InChI is InChI=1S/C12H11F2NO2/c1-16-7-4-9(13)12(10(14)5-7)8-2-3-17-11(8)6-15/h2-5H,6,15H2,1H3. The zero-order valence-electron chi connectivity index (χ0n) is 9.17. The summed E-state index contributed by atoms with van der Waals surface area (Å²) in [5.74, 6) is -0.953. The van der Waals surface area contributed by atoms with Crippen LogP contribution >= 0.6 is 0 Å². The number of hydrogen-bond donors (Lipinski definition) is 1. The third kappa shape index (κ3) is 2.01. The summed E-state index contributed by atoms with van der Waals surface area (Å²) >= 11 is 0. The minimum atomic E-state index is -0.710. The Morgan fingerprint density at radius 3 is 2.47 bits per heavy atom. The number of rotatable bonds is 3. The van der Waals surface area contributed by atoms with Crippen LogP contribution in [0, 0.1) is 11.6 Å². The van der Waals surface area contributed by atoms with Gasteiger partial charge in [-0.3, -0.25) is 0 Å². The Morgan fingerprint density at radius 2 is 1.94 bits per heavy atom. The number of methoxy groups -OCH3 is 1. The largest absolute Gasteiger partial charge is 0.497 e. The molecule has 0 saturated carbocycles. The summed E-state index contributed by atoms with van der Waals surface area (Å²) in [4.78, 5) is 0. The molecule has 0 saturated heterocycles. The van der Waals surface area contributed by atoms with Crippen molar-refractivity contribution in [3.8, 4) is 16.9 Å². The lowest BCUT2D eigenvalue weighted by Crippen LogP contribution is -1.99. The summed E-state index contributed by atoms with van der Waals surface area (Å²) in [6, 6.07) is 3.72. The van der Waals surface area contributed by atoms with Crippen LogP contribution in [-0.4, -0.2) is 7.11 Å². The molecule has 0 aliphatic heterocycles. The number of halogens is 2. The monoisotopic (exact) mass is 239 g/mol. The predicted molar refractivity (Wildman–Crippen MR) is 58.5 cm³/mol. The molecule has 1 aromatic heterocycles. The summed E-state index contributed by atoms with van der Waals surface area (Å²) in [6.07, 6.45) is 1.35. The van der Waals surface area contributed by atoms with E-state index in [4.69, 9.17) is 14.9 Å². The van der Waals surface area contributed by atoms with Crippen LogP contribution in [0.3, 0.4) is 0 Å². The van der Waals surface area contributed by atoms with Gasteiger partial charge in [-0.05, 0) is 6.07 Å². The Bertz CT molecular complexity index is 514. The van der Waals surface area contributed by atoms with Gasteiger partial charge >= 0.3 is 0 Å². The molecular weight excluding hydrogens is 228 g/mol. The van der Waals surface area contributed by atoms with E-state index in [-0.39, 0.29) is 17.9 Å². The Kier molecular flexibility index (Phi) is 3.10. The number of nitrogens with two attached hydrogens (primary N) is 1. The molecule has 1 aromatic carbocycles. The molecule has 1 heterocycles. The lowest BCUT2D eigenvalue weighted by atomic mass is 10.0. The van der Waals surface area contributed by atoms with Crippen molar-refractivity contribution < 1.29 is 17.9 Å². The lowest BCUT2D eigenvalue weighted by Gasteiger charge is -2.07. The van der Waals surface area contributed by atoms with E-state index in [9.17, 15) is 8.78 Å². The number of ether oxygens (including phenoxy) is 1. The van der Waals surface area contributed by atoms with E-state index >= 15 is 0 Å². The Balaban J connectivity index is 2.60. The summed E-state index contributed by atoms with van der Waals surface area (Å²) < 4.78 is 37.4. The fraction of sp³-hybridized carbons (Fsp3) is 0.167. The average Bonchev–Trinajstić information content (AvgIpc) is 2.76. The van der Waals surface area contributed by atoms with Crippen molar-refractivity contribution in [3.05, 3.63) is 41.9 Å². The molecule has 0 unspecified atom stereocenters. The van der Waals surface area contributed by atoms with Crippen molar-refractivity contribution >= 4 is 0 Å². The smallest absolute Gasteiger partial charge is 0.137 e. The fourth-order valence-corrected chi connectivity index (χ4v) is 1.65. The van der Waals surface area contributed by atoms with Gasteiger partial charge in [0.15, 0.2) is 0 Å². The first-order chi connectivity index (χ1) is 8.17. The van der Waals surface area contributed by atoms with Crippen LogP contribution in [0.25, 0.3) is 11.1 Å². The number of furan rings is 1. The van der Waals surface area contributed by atoms with Crippen LogP contribution in [0.1, 0.15) is 5.76 Å². The van der Waals surface area contributed by atoms with Gasteiger partial charge in [-0.25, -0.2) is 8.78 Å². The summed E-state index contributed by atoms with van der Waals surface area (Å²) in [5.41, 5.74) is 5.60. The van der Waals surface area contributed by atoms with E-state index in [0.717, 1.165) is 12.1 Å². The van der Waals surface area contributed by atoms with Crippen molar-refractivity contribution in [2.75, 3.05) is 7.11 Å². The van der Waals surface area contributed by atoms with Crippen molar-refractivity contribution in [2.45, 2.75) is 6.54 Å². The molecule has 0 atom stereocenters. The first kappa shape index (κ1) is 11.6. The summed E-state index contributed by atoms with van der Waals surface area (Å²) in [6.45, 7) is 0.0766. The molecule has 2 rings (SSSR count). The molecule has 0 aliphatic carbocycles. The Labute approximate surface area is 96.8 Å². The molecule has 2 aromatic rings. The topological polar surface area (TPSA) is 48.4 Å². The second-order valence-electron chi connectivity index (χ2n) is 3.43. The number of hydrogen-bond acceptors (Lipinski definition) is 3. The van der Waals surface area contributed by atoms with Gasteiger partial charge in [-0.15, -0.1) is 0 Å². The maximum absolute atomic E-state index is 13.8. The average molecular weight is 239 g/mol. The molecule has 0 radical (unpaired) electrons. The first-order valence-corrected chi connectivity index (χ1v) is 4.97. The molecular formula is C12H11F2NO2. The van der Waals surface area contributed by atoms with Crippen molar-refractivity contribution in [2.24, 2.45) is 5.73 Å². The summed E-state index contributed by atoms with van der Waals surface area (Å²) in [5, 5.41) is 0. The normalized spacial score (nSPS) is 10.6. The second-order valence-corrected chi connectivity index (χ2v) is 3.43. The van der Waals surface area contributed by atoms with Crippen LogP contribution in [0.5, 0.6) is 5.75 Å². The SMILES string of the molecule is COc1cc(F)c(-c2ccoc2CN)c(F)c1. The molecule has 90 valence electrons. The molecule has 3 nitrogen and oxygen atoms in total. The van der Waals surface area contributed by atoms with E-state index in [1.807, 2.05) is 0 Å². The molecule has 0 aliphatic rings. The molecule has 0 amide bonds. The van der Waals surface area contributed by atoms with Gasteiger partial charge in [0.1, 0.15) is 23.1 Å². The van der Waals surface area contributed by atoms with Crippen molar-refractivity contribution in [1.82, 2.24) is 0 Å². The molecule has 0 fully saturated rings. The molecule has 2 N–H and O–H groups in total. The highest BCUT2D eigenvalue weighted by molar-refractivity contribution is 5.67. The van der Waals surface area contributed by atoms with Gasteiger partial charge < -0.3 is 14.9 Å². The fourth-order valence-electron chi connectivity index (χ4n) is 1.65. The molecule has 17 heavy (non-hydrogen) atoms. The van der Waals surface area contributed by atoms with Gasteiger partial charge in [0.2, 0.25) is 0 Å². The minimum absolute atomic E-state index is 0.0766. The van der Waals surface area contributed by atoms with E-state index < -0.39 is 11.6 Å². The maximum Gasteiger partial charge on any atom is 0.137 e. The lowest BCUT2D eigenvalue weighted by molar-refractivity contribution is 0.407. The third-order valence-electron chi connectivity index (χ3n) is 2.45. The van der Waals surface area contributed by atoms with Gasteiger partial charge in [0, 0.05) is 17.7 Å². The van der Waals surface area contributed by atoms with Crippen LogP contribution in [0.4, 0.5) is 8.78 Å². The van der Waals surface area contributed by atoms with Crippen molar-refractivity contribution in [1.29, 1.82) is 0 Å². The predicted octanol–water partition coefficient (Wildman–Crippen LogP) is 2.69. The van der Waals surface area contributed by atoms with Crippen LogP contribution in [-0.2, 0) is 6.54 Å². The van der Waals surface area contributed by atoms with E-state index in [1.54, 1.807) is 0 Å². The van der Waals surface area contributed by atoms with Gasteiger partial charge in [0.05, 0.1) is 25.5 Å². The van der Waals surface area contributed by atoms with E-state index in [0.29, 0.717) is 11.3 Å². The second kappa shape index (κ2) is 4.55. The van der Waals surface area contributed by atoms with Crippen molar-refractivity contribution in [3.63, 3.8) is 0 Å². The summed E-state index contributed by atoms with van der Waals surface area (Å²) in [7, 11) is 1.34.